The first kappa shape index (κ1) is 9.29. The maximum Gasteiger partial charge on any atom is 0.0670 e. The molecule has 0 saturated heterocycles. The van der Waals surface area contributed by atoms with Crippen LogP contribution in [0.5, 0.6) is 0 Å². The molecule has 0 amide bonds. The maximum absolute atomic E-state index is 8.67. The van der Waals surface area contributed by atoms with Crippen molar-refractivity contribution in [3.8, 4) is 6.07 Å². The second-order valence-electron chi connectivity index (χ2n) is 3.26. The standard InChI is InChI=1S/C11H9BrN2/c1-14-7-8(4-5-13)10-3-2-9(12)6-11(10)14/h2-3,6-7H,4H2,1H3. The van der Waals surface area contributed by atoms with Gasteiger partial charge in [0.05, 0.1) is 12.5 Å². The van der Waals surface area contributed by atoms with Gasteiger partial charge in [0.15, 0.2) is 0 Å². The fourth-order valence-electron chi connectivity index (χ4n) is 1.67. The van der Waals surface area contributed by atoms with E-state index in [1.807, 2.05) is 29.9 Å². The third-order valence-corrected chi connectivity index (χ3v) is 2.80. The van der Waals surface area contributed by atoms with E-state index < -0.39 is 0 Å². The monoisotopic (exact) mass is 248 g/mol. The van der Waals surface area contributed by atoms with Gasteiger partial charge in [0.25, 0.3) is 0 Å². The molecule has 0 N–H and O–H groups in total. The number of aromatic nitrogens is 1. The van der Waals surface area contributed by atoms with E-state index in [-0.39, 0.29) is 0 Å². The van der Waals surface area contributed by atoms with Crippen molar-refractivity contribution in [3.05, 3.63) is 34.4 Å². The highest BCUT2D eigenvalue weighted by Gasteiger charge is 2.05. The van der Waals surface area contributed by atoms with Crippen molar-refractivity contribution in [2.24, 2.45) is 7.05 Å². The van der Waals surface area contributed by atoms with Gasteiger partial charge in [-0.3, -0.25) is 0 Å². The van der Waals surface area contributed by atoms with Crippen LogP contribution in [0.3, 0.4) is 0 Å². The van der Waals surface area contributed by atoms with Crippen LogP contribution in [0.4, 0.5) is 0 Å². The first-order valence-corrected chi connectivity index (χ1v) is 5.12. The largest absolute Gasteiger partial charge is 0.350 e. The zero-order chi connectivity index (χ0) is 10.1. The van der Waals surface area contributed by atoms with Crippen molar-refractivity contribution in [1.29, 1.82) is 5.26 Å². The number of halogens is 1. The van der Waals surface area contributed by atoms with Gasteiger partial charge in [-0.2, -0.15) is 5.26 Å². The summed E-state index contributed by atoms with van der Waals surface area (Å²) in [5, 5.41) is 9.84. The number of hydrogen-bond donors (Lipinski definition) is 0. The van der Waals surface area contributed by atoms with Crippen LogP contribution < -0.4 is 0 Å². The van der Waals surface area contributed by atoms with Crippen molar-refractivity contribution in [3.63, 3.8) is 0 Å². The minimum atomic E-state index is 0.471. The quantitative estimate of drug-likeness (QED) is 0.763. The Morgan fingerprint density at radius 1 is 1.50 bits per heavy atom. The summed E-state index contributed by atoms with van der Waals surface area (Å²) in [4.78, 5) is 0. The third kappa shape index (κ3) is 1.42. The SMILES string of the molecule is Cn1cc(CC#N)c2ccc(Br)cc21. The summed E-state index contributed by atoms with van der Waals surface area (Å²) >= 11 is 3.44. The Balaban J connectivity index is 2.72. The van der Waals surface area contributed by atoms with Gasteiger partial charge in [0, 0.05) is 28.6 Å². The van der Waals surface area contributed by atoms with Gasteiger partial charge in [0.1, 0.15) is 0 Å². The van der Waals surface area contributed by atoms with E-state index in [0.717, 1.165) is 20.9 Å². The molecule has 0 radical (unpaired) electrons. The van der Waals surface area contributed by atoms with Gasteiger partial charge in [0.2, 0.25) is 0 Å². The van der Waals surface area contributed by atoms with Gasteiger partial charge in [-0.15, -0.1) is 0 Å². The number of rotatable bonds is 1. The van der Waals surface area contributed by atoms with E-state index in [0.29, 0.717) is 6.42 Å². The van der Waals surface area contributed by atoms with Crippen LogP contribution in [-0.2, 0) is 13.5 Å². The van der Waals surface area contributed by atoms with Crippen molar-refractivity contribution in [2.45, 2.75) is 6.42 Å². The van der Waals surface area contributed by atoms with Gasteiger partial charge in [-0.25, -0.2) is 0 Å². The average molecular weight is 249 g/mol. The zero-order valence-electron chi connectivity index (χ0n) is 7.79. The zero-order valence-corrected chi connectivity index (χ0v) is 9.37. The summed E-state index contributed by atoms with van der Waals surface area (Å²) in [5.74, 6) is 0. The fraction of sp³-hybridized carbons (Fsp3) is 0.182. The van der Waals surface area contributed by atoms with Crippen LogP contribution >= 0.6 is 15.9 Å². The lowest BCUT2D eigenvalue weighted by atomic mass is 10.1. The lowest BCUT2D eigenvalue weighted by molar-refractivity contribution is 0.960. The molecule has 14 heavy (non-hydrogen) atoms. The minimum absolute atomic E-state index is 0.471. The highest BCUT2D eigenvalue weighted by Crippen LogP contribution is 2.24. The summed E-state index contributed by atoms with van der Waals surface area (Å²) in [7, 11) is 2.00. The van der Waals surface area contributed by atoms with Gasteiger partial charge in [-0.1, -0.05) is 22.0 Å². The molecule has 2 aromatic rings. The Kier molecular flexibility index (Phi) is 2.30. The van der Waals surface area contributed by atoms with E-state index in [2.05, 4.69) is 28.1 Å². The Hall–Kier alpha value is -1.27. The van der Waals surface area contributed by atoms with Crippen LogP contribution in [0, 0.1) is 11.3 Å². The molecule has 0 atom stereocenters. The summed E-state index contributed by atoms with van der Waals surface area (Å²) in [6, 6.07) is 8.30. The second kappa shape index (κ2) is 3.47. The normalized spacial score (nSPS) is 10.4. The van der Waals surface area contributed by atoms with Gasteiger partial charge in [-0.05, 0) is 17.7 Å². The number of nitrogens with zero attached hydrogens (tertiary/aromatic N) is 2. The average Bonchev–Trinajstić information content (AvgIpc) is 2.44. The Labute approximate surface area is 90.9 Å². The number of benzene rings is 1. The van der Waals surface area contributed by atoms with Crippen molar-refractivity contribution < 1.29 is 0 Å². The molecular weight excluding hydrogens is 240 g/mol. The Morgan fingerprint density at radius 3 is 3.00 bits per heavy atom. The molecule has 1 aromatic heterocycles. The van der Waals surface area contributed by atoms with E-state index in [1.54, 1.807) is 0 Å². The van der Waals surface area contributed by atoms with Crippen LogP contribution in [0.1, 0.15) is 5.56 Å². The molecule has 0 aliphatic carbocycles. The summed E-state index contributed by atoms with van der Waals surface area (Å²) < 4.78 is 3.11. The molecule has 3 heteroatoms. The van der Waals surface area contributed by atoms with Gasteiger partial charge < -0.3 is 4.57 Å². The van der Waals surface area contributed by atoms with Crippen molar-refractivity contribution in [1.82, 2.24) is 4.57 Å². The van der Waals surface area contributed by atoms with Crippen LogP contribution in [0.2, 0.25) is 0 Å². The maximum atomic E-state index is 8.67. The first-order valence-electron chi connectivity index (χ1n) is 4.33. The van der Waals surface area contributed by atoms with E-state index in [9.17, 15) is 0 Å². The fourth-order valence-corrected chi connectivity index (χ4v) is 2.02. The number of aryl methyl sites for hydroxylation is 1. The lowest BCUT2D eigenvalue weighted by Crippen LogP contribution is -1.82. The number of nitriles is 1. The molecule has 0 bridgehead atoms. The molecule has 0 fully saturated rings. The minimum Gasteiger partial charge on any atom is -0.350 e. The first-order chi connectivity index (χ1) is 6.72. The topological polar surface area (TPSA) is 28.7 Å². The summed E-state index contributed by atoms with van der Waals surface area (Å²) in [5.41, 5.74) is 2.25. The molecule has 0 aliphatic heterocycles. The molecule has 0 aliphatic rings. The molecule has 1 heterocycles. The Morgan fingerprint density at radius 2 is 2.29 bits per heavy atom. The summed E-state index contributed by atoms with van der Waals surface area (Å²) in [6.45, 7) is 0. The molecule has 2 rings (SSSR count). The van der Waals surface area contributed by atoms with Crippen LogP contribution in [0.25, 0.3) is 10.9 Å². The van der Waals surface area contributed by atoms with E-state index >= 15 is 0 Å². The van der Waals surface area contributed by atoms with E-state index in [4.69, 9.17) is 5.26 Å². The molecule has 0 unspecified atom stereocenters. The predicted octanol–water partition coefficient (Wildman–Crippen LogP) is 3.01. The molecule has 0 saturated carbocycles. The molecule has 70 valence electrons. The number of hydrogen-bond acceptors (Lipinski definition) is 1. The smallest absolute Gasteiger partial charge is 0.0670 e. The second-order valence-corrected chi connectivity index (χ2v) is 4.18. The molecule has 2 nitrogen and oxygen atoms in total. The molecular formula is C11H9BrN2. The van der Waals surface area contributed by atoms with E-state index in [1.165, 1.54) is 0 Å². The Bertz CT molecular complexity index is 520. The molecule has 1 aromatic carbocycles. The van der Waals surface area contributed by atoms with Gasteiger partial charge >= 0.3 is 0 Å². The molecule has 0 spiro atoms. The van der Waals surface area contributed by atoms with Crippen LogP contribution in [0.15, 0.2) is 28.9 Å². The highest BCUT2D eigenvalue weighted by molar-refractivity contribution is 9.10. The lowest BCUT2D eigenvalue weighted by Gasteiger charge is -1.96. The van der Waals surface area contributed by atoms with Crippen LogP contribution in [-0.4, -0.2) is 4.57 Å². The number of fused-ring (bicyclic) bond motifs is 1. The predicted molar refractivity (Wildman–Crippen MR) is 59.9 cm³/mol. The van der Waals surface area contributed by atoms with Crippen molar-refractivity contribution >= 4 is 26.8 Å². The third-order valence-electron chi connectivity index (χ3n) is 2.30. The summed E-state index contributed by atoms with van der Waals surface area (Å²) in [6.07, 6.45) is 2.49. The highest BCUT2D eigenvalue weighted by atomic mass is 79.9. The van der Waals surface area contributed by atoms with Crippen molar-refractivity contribution in [2.75, 3.05) is 0 Å².